The maximum atomic E-state index is 6.16. The molecule has 0 atom stereocenters. The molecule has 0 unspecified atom stereocenters. The molecule has 1 fully saturated rings. The third-order valence-electron chi connectivity index (χ3n) is 5.11. The lowest BCUT2D eigenvalue weighted by Gasteiger charge is -2.46. The maximum Gasteiger partial charge on any atom is 0.0332 e. The van der Waals surface area contributed by atoms with Gasteiger partial charge in [0.15, 0.2) is 0 Å². The van der Waals surface area contributed by atoms with Gasteiger partial charge in [-0.15, -0.1) is 0 Å². The van der Waals surface area contributed by atoms with Gasteiger partial charge >= 0.3 is 0 Å². The van der Waals surface area contributed by atoms with Crippen LogP contribution in [0.5, 0.6) is 0 Å². The van der Waals surface area contributed by atoms with Crippen LogP contribution in [-0.2, 0) is 6.54 Å². The largest absolute Gasteiger partial charge is 0.329 e. The van der Waals surface area contributed by atoms with Crippen LogP contribution in [0.1, 0.15) is 44.6 Å². The Labute approximate surface area is 131 Å². The molecule has 0 spiro atoms. The van der Waals surface area contributed by atoms with E-state index in [2.05, 4.69) is 59.1 Å². The third kappa shape index (κ3) is 3.63. The summed E-state index contributed by atoms with van der Waals surface area (Å²) in [7, 11) is 2.24. The van der Waals surface area contributed by atoms with Crippen LogP contribution in [0.15, 0.2) is 28.7 Å². The van der Waals surface area contributed by atoms with Gasteiger partial charge in [-0.1, -0.05) is 41.4 Å². The molecule has 0 radical (unpaired) electrons. The van der Waals surface area contributed by atoms with Crippen LogP contribution in [0, 0.1) is 5.92 Å². The second-order valence-corrected chi connectivity index (χ2v) is 7.18. The molecule has 1 saturated carbocycles. The molecule has 0 aliphatic heterocycles. The summed E-state index contributed by atoms with van der Waals surface area (Å²) >= 11 is 3.55. The Balaban J connectivity index is 2.04. The van der Waals surface area contributed by atoms with Gasteiger partial charge < -0.3 is 5.73 Å². The molecule has 1 aromatic carbocycles. The quantitative estimate of drug-likeness (QED) is 0.872. The standard InChI is InChI=1S/C17H27BrN2/c1-3-14-7-9-17(13-19,10-8-14)20(2)12-15-5-4-6-16(18)11-15/h4-6,11,14H,3,7-10,12-13,19H2,1-2H3. The van der Waals surface area contributed by atoms with Gasteiger partial charge in [0.2, 0.25) is 0 Å². The molecule has 0 saturated heterocycles. The van der Waals surface area contributed by atoms with Crippen LogP contribution in [0.25, 0.3) is 0 Å². The van der Waals surface area contributed by atoms with E-state index in [4.69, 9.17) is 5.73 Å². The predicted octanol–water partition coefficient (Wildman–Crippen LogP) is 4.18. The number of halogens is 1. The molecule has 2 N–H and O–H groups in total. The molecule has 112 valence electrons. The first-order chi connectivity index (χ1) is 9.59. The van der Waals surface area contributed by atoms with Crippen LogP contribution in [-0.4, -0.2) is 24.0 Å². The second kappa shape index (κ2) is 7.06. The van der Waals surface area contributed by atoms with Crippen LogP contribution in [0.4, 0.5) is 0 Å². The number of benzene rings is 1. The van der Waals surface area contributed by atoms with E-state index in [1.165, 1.54) is 37.7 Å². The topological polar surface area (TPSA) is 29.3 Å². The van der Waals surface area contributed by atoms with Crippen molar-refractivity contribution in [2.75, 3.05) is 13.6 Å². The molecule has 2 rings (SSSR count). The summed E-state index contributed by atoms with van der Waals surface area (Å²) in [6, 6.07) is 8.59. The molecule has 3 heteroatoms. The van der Waals surface area contributed by atoms with Crippen molar-refractivity contribution in [1.82, 2.24) is 4.90 Å². The molecule has 1 aliphatic carbocycles. The molecule has 1 aromatic rings. The highest BCUT2D eigenvalue weighted by Gasteiger charge is 2.36. The summed E-state index contributed by atoms with van der Waals surface area (Å²) in [4.78, 5) is 2.49. The van der Waals surface area contributed by atoms with Crippen LogP contribution in [0.3, 0.4) is 0 Å². The Bertz CT molecular complexity index is 425. The van der Waals surface area contributed by atoms with E-state index in [-0.39, 0.29) is 5.54 Å². The highest BCUT2D eigenvalue weighted by molar-refractivity contribution is 9.10. The minimum absolute atomic E-state index is 0.202. The number of rotatable bonds is 5. The average molecular weight is 339 g/mol. The van der Waals surface area contributed by atoms with Gasteiger partial charge in [0.05, 0.1) is 0 Å². The summed E-state index contributed by atoms with van der Waals surface area (Å²) in [5, 5.41) is 0. The van der Waals surface area contributed by atoms with E-state index in [1.54, 1.807) is 0 Å². The molecular formula is C17H27BrN2. The van der Waals surface area contributed by atoms with Crippen molar-refractivity contribution in [1.29, 1.82) is 0 Å². The zero-order chi connectivity index (χ0) is 14.6. The lowest BCUT2D eigenvalue weighted by molar-refractivity contribution is 0.0579. The Kier molecular flexibility index (Phi) is 5.65. The number of likely N-dealkylation sites (N-methyl/N-ethyl adjacent to an activating group) is 1. The lowest BCUT2D eigenvalue weighted by atomic mass is 9.74. The molecule has 20 heavy (non-hydrogen) atoms. The van der Waals surface area contributed by atoms with E-state index in [9.17, 15) is 0 Å². The first-order valence-electron chi connectivity index (χ1n) is 7.75. The minimum atomic E-state index is 0.202. The van der Waals surface area contributed by atoms with Crippen molar-refractivity contribution in [2.45, 2.75) is 51.1 Å². The summed E-state index contributed by atoms with van der Waals surface area (Å²) in [5.41, 5.74) is 7.72. The fourth-order valence-corrected chi connectivity index (χ4v) is 3.89. The first-order valence-corrected chi connectivity index (χ1v) is 8.54. The van der Waals surface area contributed by atoms with Crippen LogP contribution >= 0.6 is 15.9 Å². The van der Waals surface area contributed by atoms with Gasteiger partial charge in [-0.3, -0.25) is 4.90 Å². The van der Waals surface area contributed by atoms with Crippen molar-refractivity contribution in [3.8, 4) is 0 Å². The number of hydrogen-bond acceptors (Lipinski definition) is 2. The summed E-state index contributed by atoms with van der Waals surface area (Å²) in [6.45, 7) is 4.06. The summed E-state index contributed by atoms with van der Waals surface area (Å²) < 4.78 is 1.15. The molecule has 0 bridgehead atoms. The van der Waals surface area contributed by atoms with E-state index >= 15 is 0 Å². The van der Waals surface area contributed by atoms with Gasteiger partial charge in [0, 0.05) is 23.1 Å². The van der Waals surface area contributed by atoms with Crippen LogP contribution < -0.4 is 5.73 Å². The van der Waals surface area contributed by atoms with E-state index in [0.717, 1.165) is 23.5 Å². The zero-order valence-electron chi connectivity index (χ0n) is 12.7. The molecular weight excluding hydrogens is 312 g/mol. The fraction of sp³-hybridized carbons (Fsp3) is 0.647. The van der Waals surface area contributed by atoms with E-state index in [1.807, 2.05) is 0 Å². The minimum Gasteiger partial charge on any atom is -0.329 e. The zero-order valence-corrected chi connectivity index (χ0v) is 14.3. The summed E-state index contributed by atoms with van der Waals surface area (Å²) in [6.07, 6.45) is 6.46. The molecule has 1 aliphatic rings. The number of nitrogens with zero attached hydrogens (tertiary/aromatic N) is 1. The van der Waals surface area contributed by atoms with Crippen LogP contribution in [0.2, 0.25) is 0 Å². The molecule has 2 nitrogen and oxygen atoms in total. The van der Waals surface area contributed by atoms with E-state index in [0.29, 0.717) is 0 Å². The summed E-state index contributed by atoms with van der Waals surface area (Å²) in [5.74, 6) is 0.911. The predicted molar refractivity (Wildman–Crippen MR) is 89.6 cm³/mol. The van der Waals surface area contributed by atoms with Crippen molar-refractivity contribution in [3.05, 3.63) is 34.3 Å². The average Bonchev–Trinajstić information content (AvgIpc) is 2.47. The second-order valence-electron chi connectivity index (χ2n) is 6.27. The Morgan fingerprint density at radius 3 is 2.60 bits per heavy atom. The van der Waals surface area contributed by atoms with Gasteiger partial charge in [-0.05, 0) is 56.3 Å². The third-order valence-corrected chi connectivity index (χ3v) is 5.60. The Morgan fingerprint density at radius 2 is 2.05 bits per heavy atom. The highest BCUT2D eigenvalue weighted by atomic mass is 79.9. The monoisotopic (exact) mass is 338 g/mol. The lowest BCUT2D eigenvalue weighted by Crippen LogP contribution is -2.53. The van der Waals surface area contributed by atoms with Crippen molar-refractivity contribution < 1.29 is 0 Å². The van der Waals surface area contributed by atoms with Crippen molar-refractivity contribution in [3.63, 3.8) is 0 Å². The van der Waals surface area contributed by atoms with Gasteiger partial charge in [0.25, 0.3) is 0 Å². The number of nitrogens with two attached hydrogens (primary N) is 1. The van der Waals surface area contributed by atoms with Gasteiger partial charge in [-0.2, -0.15) is 0 Å². The van der Waals surface area contributed by atoms with Gasteiger partial charge in [-0.25, -0.2) is 0 Å². The Hall–Kier alpha value is -0.380. The maximum absolute atomic E-state index is 6.16. The molecule has 0 amide bonds. The van der Waals surface area contributed by atoms with Crippen molar-refractivity contribution in [2.24, 2.45) is 11.7 Å². The molecule has 0 heterocycles. The smallest absolute Gasteiger partial charge is 0.0332 e. The Morgan fingerprint density at radius 1 is 1.35 bits per heavy atom. The van der Waals surface area contributed by atoms with E-state index < -0.39 is 0 Å². The fourth-order valence-electron chi connectivity index (χ4n) is 3.44. The molecule has 0 aromatic heterocycles. The van der Waals surface area contributed by atoms with Crippen molar-refractivity contribution >= 4 is 15.9 Å². The SMILES string of the molecule is CCC1CCC(CN)(N(C)Cc2cccc(Br)c2)CC1. The highest BCUT2D eigenvalue weighted by Crippen LogP contribution is 2.37. The normalized spacial score (nSPS) is 26.9. The van der Waals surface area contributed by atoms with Gasteiger partial charge in [0.1, 0.15) is 0 Å². The first kappa shape index (κ1) is 16.0. The number of hydrogen-bond donors (Lipinski definition) is 1.